The van der Waals surface area contributed by atoms with Gasteiger partial charge in [-0.25, -0.2) is 4.98 Å². The van der Waals surface area contributed by atoms with E-state index in [1.807, 2.05) is 23.9 Å². The first-order valence-corrected chi connectivity index (χ1v) is 6.75. The van der Waals surface area contributed by atoms with Gasteiger partial charge in [-0.05, 0) is 30.1 Å². The highest BCUT2D eigenvalue weighted by Gasteiger charge is 2.06. The molecule has 1 unspecified atom stereocenters. The Morgan fingerprint density at radius 3 is 3.19 bits per heavy atom. The van der Waals surface area contributed by atoms with Crippen LogP contribution in [0.3, 0.4) is 0 Å². The fourth-order valence-electron chi connectivity index (χ4n) is 1.65. The van der Waals surface area contributed by atoms with Crippen LogP contribution in [0.1, 0.15) is 6.92 Å². The van der Waals surface area contributed by atoms with E-state index < -0.39 is 0 Å². The summed E-state index contributed by atoms with van der Waals surface area (Å²) in [7, 11) is 0. The summed E-state index contributed by atoms with van der Waals surface area (Å²) in [4.78, 5) is 4.33. The number of anilines is 1. The summed E-state index contributed by atoms with van der Waals surface area (Å²) in [6, 6.07) is 3.83. The predicted molar refractivity (Wildman–Crippen MR) is 70.0 cm³/mol. The summed E-state index contributed by atoms with van der Waals surface area (Å²) in [6.45, 7) is 3.18. The average Bonchev–Trinajstić information content (AvgIpc) is 2.75. The van der Waals surface area contributed by atoms with Crippen molar-refractivity contribution in [2.75, 3.05) is 23.9 Å². The van der Waals surface area contributed by atoms with Gasteiger partial charge >= 0.3 is 0 Å². The van der Waals surface area contributed by atoms with Crippen LogP contribution in [0.25, 0.3) is 11.0 Å². The number of nitrogens with one attached hydrogen (secondary N) is 1. The molecule has 2 aromatic rings. The standard InChI is InChI=1S/C12H16N2OS/c1-9(8-16-2)7-14-12-10-4-6-15-11(10)3-5-13-12/h3-6,9H,7-8H2,1-2H3,(H,13,14). The van der Waals surface area contributed by atoms with Gasteiger partial charge in [0.2, 0.25) is 0 Å². The zero-order valence-electron chi connectivity index (χ0n) is 9.56. The molecule has 0 fully saturated rings. The molecule has 3 nitrogen and oxygen atoms in total. The van der Waals surface area contributed by atoms with E-state index in [1.54, 1.807) is 12.5 Å². The van der Waals surface area contributed by atoms with E-state index in [2.05, 4.69) is 23.5 Å². The molecule has 2 rings (SSSR count). The van der Waals surface area contributed by atoms with E-state index in [0.29, 0.717) is 5.92 Å². The van der Waals surface area contributed by atoms with Crippen LogP contribution in [-0.2, 0) is 0 Å². The second-order valence-corrected chi connectivity index (χ2v) is 4.84. The Labute approximate surface area is 99.6 Å². The Hall–Kier alpha value is -1.16. The van der Waals surface area contributed by atoms with Gasteiger partial charge in [0.15, 0.2) is 0 Å². The fourth-order valence-corrected chi connectivity index (χ4v) is 2.34. The molecule has 0 spiro atoms. The third-order valence-electron chi connectivity index (χ3n) is 2.45. The number of aromatic nitrogens is 1. The third-order valence-corrected chi connectivity index (χ3v) is 3.35. The maximum Gasteiger partial charge on any atom is 0.139 e. The van der Waals surface area contributed by atoms with Crippen molar-refractivity contribution >= 4 is 28.5 Å². The molecule has 0 aliphatic carbocycles. The van der Waals surface area contributed by atoms with Crippen LogP contribution < -0.4 is 5.32 Å². The molecule has 1 N–H and O–H groups in total. The van der Waals surface area contributed by atoms with E-state index in [-0.39, 0.29) is 0 Å². The average molecular weight is 236 g/mol. The molecule has 86 valence electrons. The van der Waals surface area contributed by atoms with Crippen LogP contribution in [0.2, 0.25) is 0 Å². The first-order valence-electron chi connectivity index (χ1n) is 5.36. The molecule has 0 bridgehead atoms. The van der Waals surface area contributed by atoms with Crippen molar-refractivity contribution < 1.29 is 4.42 Å². The highest BCUT2D eigenvalue weighted by atomic mass is 32.2. The van der Waals surface area contributed by atoms with Crippen LogP contribution in [0.15, 0.2) is 29.0 Å². The van der Waals surface area contributed by atoms with Crippen molar-refractivity contribution in [1.29, 1.82) is 0 Å². The molecular weight excluding hydrogens is 220 g/mol. The van der Waals surface area contributed by atoms with Gasteiger partial charge < -0.3 is 9.73 Å². The van der Waals surface area contributed by atoms with Crippen LogP contribution >= 0.6 is 11.8 Å². The molecule has 0 saturated carbocycles. The summed E-state index contributed by atoms with van der Waals surface area (Å²) in [5.41, 5.74) is 0.884. The number of hydrogen-bond donors (Lipinski definition) is 1. The zero-order valence-corrected chi connectivity index (χ0v) is 10.4. The van der Waals surface area contributed by atoms with E-state index in [0.717, 1.165) is 29.1 Å². The summed E-state index contributed by atoms with van der Waals surface area (Å²) in [6.07, 6.45) is 5.60. The Morgan fingerprint density at radius 1 is 1.50 bits per heavy atom. The first kappa shape index (κ1) is 11.3. The largest absolute Gasteiger partial charge is 0.464 e. The number of furan rings is 1. The summed E-state index contributed by atoms with van der Waals surface area (Å²) in [5, 5.41) is 4.43. The minimum Gasteiger partial charge on any atom is -0.464 e. The monoisotopic (exact) mass is 236 g/mol. The van der Waals surface area contributed by atoms with Crippen LogP contribution in [0.5, 0.6) is 0 Å². The number of hydrogen-bond acceptors (Lipinski definition) is 4. The normalized spacial score (nSPS) is 12.9. The van der Waals surface area contributed by atoms with Gasteiger partial charge in [0, 0.05) is 12.7 Å². The number of fused-ring (bicyclic) bond motifs is 1. The van der Waals surface area contributed by atoms with Gasteiger partial charge in [0.25, 0.3) is 0 Å². The Kier molecular flexibility index (Phi) is 3.72. The summed E-state index contributed by atoms with van der Waals surface area (Å²) < 4.78 is 5.33. The number of rotatable bonds is 5. The Bertz CT molecular complexity index is 455. The van der Waals surface area contributed by atoms with E-state index >= 15 is 0 Å². The van der Waals surface area contributed by atoms with Crippen LogP contribution in [0, 0.1) is 5.92 Å². The molecular formula is C12H16N2OS. The molecule has 0 aromatic carbocycles. The van der Waals surface area contributed by atoms with Crippen LogP contribution in [-0.4, -0.2) is 23.5 Å². The second kappa shape index (κ2) is 5.25. The van der Waals surface area contributed by atoms with Gasteiger partial charge in [-0.2, -0.15) is 11.8 Å². The molecule has 16 heavy (non-hydrogen) atoms. The lowest BCUT2D eigenvalue weighted by Crippen LogP contribution is -2.14. The SMILES string of the molecule is CSCC(C)CNc1nccc2occc12. The van der Waals surface area contributed by atoms with Gasteiger partial charge in [-0.1, -0.05) is 6.92 Å². The molecule has 0 saturated heterocycles. The predicted octanol–water partition coefficient (Wildman–Crippen LogP) is 3.24. The van der Waals surface area contributed by atoms with Gasteiger partial charge in [0.1, 0.15) is 11.4 Å². The number of thioether (sulfide) groups is 1. The quantitative estimate of drug-likeness (QED) is 0.865. The van der Waals surface area contributed by atoms with Crippen LogP contribution in [0.4, 0.5) is 5.82 Å². The van der Waals surface area contributed by atoms with Crippen molar-refractivity contribution in [1.82, 2.24) is 4.98 Å². The molecule has 2 heterocycles. The molecule has 2 aromatic heterocycles. The van der Waals surface area contributed by atoms with Crippen molar-refractivity contribution in [2.45, 2.75) is 6.92 Å². The minimum atomic E-state index is 0.638. The molecule has 0 aliphatic rings. The van der Waals surface area contributed by atoms with Gasteiger partial charge in [0.05, 0.1) is 11.6 Å². The van der Waals surface area contributed by atoms with Crippen molar-refractivity contribution in [3.8, 4) is 0 Å². The van der Waals surface area contributed by atoms with E-state index in [4.69, 9.17) is 4.42 Å². The first-order chi connectivity index (χ1) is 7.81. The Morgan fingerprint density at radius 2 is 2.38 bits per heavy atom. The molecule has 4 heteroatoms. The second-order valence-electron chi connectivity index (χ2n) is 3.93. The third kappa shape index (κ3) is 2.50. The topological polar surface area (TPSA) is 38.1 Å². The minimum absolute atomic E-state index is 0.638. The Balaban J connectivity index is 2.06. The highest BCUT2D eigenvalue weighted by Crippen LogP contribution is 2.21. The maximum atomic E-state index is 5.33. The molecule has 0 amide bonds. The van der Waals surface area contributed by atoms with Gasteiger partial charge in [-0.3, -0.25) is 0 Å². The summed E-state index contributed by atoms with van der Waals surface area (Å²) >= 11 is 1.87. The smallest absolute Gasteiger partial charge is 0.139 e. The molecule has 0 aliphatic heterocycles. The lowest BCUT2D eigenvalue weighted by molar-refractivity contribution is 0.615. The lowest BCUT2D eigenvalue weighted by atomic mass is 10.2. The maximum absolute atomic E-state index is 5.33. The van der Waals surface area contributed by atoms with Crippen molar-refractivity contribution in [3.05, 3.63) is 24.6 Å². The van der Waals surface area contributed by atoms with E-state index in [9.17, 15) is 0 Å². The van der Waals surface area contributed by atoms with Crippen molar-refractivity contribution in [3.63, 3.8) is 0 Å². The molecule has 1 atom stereocenters. The van der Waals surface area contributed by atoms with Crippen molar-refractivity contribution in [2.24, 2.45) is 5.92 Å². The number of nitrogens with zero attached hydrogens (tertiary/aromatic N) is 1. The molecule has 0 radical (unpaired) electrons. The van der Waals surface area contributed by atoms with Gasteiger partial charge in [-0.15, -0.1) is 0 Å². The van der Waals surface area contributed by atoms with E-state index in [1.165, 1.54) is 0 Å². The number of pyridine rings is 1. The summed E-state index contributed by atoms with van der Waals surface area (Å²) in [5.74, 6) is 2.71. The zero-order chi connectivity index (χ0) is 11.4. The highest BCUT2D eigenvalue weighted by molar-refractivity contribution is 7.98. The fraction of sp³-hybridized carbons (Fsp3) is 0.417. The lowest BCUT2D eigenvalue weighted by Gasteiger charge is -2.11.